The molecule has 0 amide bonds. The summed E-state index contributed by atoms with van der Waals surface area (Å²) < 4.78 is 1.83. The van der Waals surface area contributed by atoms with E-state index in [1.807, 2.05) is 23.3 Å². The zero-order valence-corrected chi connectivity index (χ0v) is 10.5. The monoisotopic (exact) mass is 246 g/mol. The number of aryl methyl sites for hydroxylation is 1. The van der Waals surface area contributed by atoms with E-state index in [1.165, 1.54) is 0 Å². The molecule has 0 aliphatic rings. The van der Waals surface area contributed by atoms with Crippen molar-refractivity contribution < 1.29 is 0 Å². The molecule has 2 aromatic heterocycles. The van der Waals surface area contributed by atoms with Crippen molar-refractivity contribution >= 4 is 11.4 Å². The second-order valence-electron chi connectivity index (χ2n) is 3.94. The number of rotatable bonds is 7. The lowest BCUT2D eigenvalue weighted by Crippen LogP contribution is -2.08. The highest BCUT2D eigenvalue weighted by atomic mass is 15.4. The van der Waals surface area contributed by atoms with Gasteiger partial charge < -0.3 is 10.6 Å². The fourth-order valence-corrected chi connectivity index (χ4v) is 1.66. The Balaban J connectivity index is 1.74. The topological polar surface area (TPSA) is 67.7 Å². The molecule has 6 heteroatoms. The van der Waals surface area contributed by atoms with E-state index < -0.39 is 0 Å². The van der Waals surface area contributed by atoms with Crippen molar-refractivity contribution in [3.8, 4) is 0 Å². The van der Waals surface area contributed by atoms with E-state index in [2.05, 4.69) is 38.9 Å². The molecule has 0 radical (unpaired) electrons. The Labute approximate surface area is 106 Å². The summed E-state index contributed by atoms with van der Waals surface area (Å²) in [5.41, 5.74) is 2.07. The number of hydrogen-bond donors (Lipinski definition) is 2. The maximum absolute atomic E-state index is 4.18. The van der Waals surface area contributed by atoms with E-state index in [0.29, 0.717) is 0 Å². The summed E-state index contributed by atoms with van der Waals surface area (Å²) in [6.07, 6.45) is 8.21. The minimum absolute atomic E-state index is 0.868. The molecule has 0 aliphatic heterocycles. The van der Waals surface area contributed by atoms with E-state index in [1.54, 1.807) is 6.20 Å². The summed E-state index contributed by atoms with van der Waals surface area (Å²) in [7, 11) is 0. The molecule has 0 saturated carbocycles. The summed E-state index contributed by atoms with van der Waals surface area (Å²) in [6, 6.07) is 2.06. The first-order valence-electron chi connectivity index (χ1n) is 6.15. The highest BCUT2D eigenvalue weighted by Crippen LogP contribution is 2.12. The van der Waals surface area contributed by atoms with Crippen molar-refractivity contribution in [2.24, 2.45) is 0 Å². The molecule has 2 aromatic rings. The average Bonchev–Trinajstić information content (AvgIpc) is 2.89. The molecule has 0 fully saturated rings. The molecular formula is C12H18N6. The average molecular weight is 246 g/mol. The summed E-state index contributed by atoms with van der Waals surface area (Å²) >= 11 is 0. The summed E-state index contributed by atoms with van der Waals surface area (Å²) in [5.74, 6) is 0. The molecule has 0 bridgehead atoms. The van der Waals surface area contributed by atoms with Crippen molar-refractivity contribution in [2.45, 2.75) is 19.9 Å². The van der Waals surface area contributed by atoms with Gasteiger partial charge >= 0.3 is 0 Å². The van der Waals surface area contributed by atoms with Crippen LogP contribution in [0.1, 0.15) is 13.3 Å². The number of nitrogens with one attached hydrogen (secondary N) is 2. The van der Waals surface area contributed by atoms with Gasteiger partial charge in [0.05, 0.1) is 30.0 Å². The van der Waals surface area contributed by atoms with Crippen molar-refractivity contribution in [3.05, 3.63) is 30.9 Å². The first-order chi connectivity index (χ1) is 8.88. The number of aromatic nitrogens is 4. The van der Waals surface area contributed by atoms with Crippen LogP contribution in [0.3, 0.4) is 0 Å². The van der Waals surface area contributed by atoms with Gasteiger partial charge in [-0.3, -0.25) is 9.67 Å². The first kappa shape index (κ1) is 12.3. The predicted molar refractivity (Wildman–Crippen MR) is 71.5 cm³/mol. The Morgan fingerprint density at radius 3 is 2.78 bits per heavy atom. The quantitative estimate of drug-likeness (QED) is 0.726. The molecule has 0 unspecified atom stereocenters. The van der Waals surface area contributed by atoms with Crippen LogP contribution in [-0.4, -0.2) is 33.1 Å². The Kier molecular flexibility index (Phi) is 4.52. The van der Waals surface area contributed by atoms with Crippen molar-refractivity contribution in [1.82, 2.24) is 20.0 Å². The van der Waals surface area contributed by atoms with Crippen LogP contribution < -0.4 is 10.6 Å². The van der Waals surface area contributed by atoms with Crippen LogP contribution in [0.25, 0.3) is 0 Å². The van der Waals surface area contributed by atoms with Crippen LogP contribution in [0.2, 0.25) is 0 Å². The minimum atomic E-state index is 0.868. The minimum Gasteiger partial charge on any atom is -0.384 e. The Bertz CT molecular complexity index is 453. The van der Waals surface area contributed by atoms with E-state index in [9.17, 15) is 0 Å². The van der Waals surface area contributed by atoms with Gasteiger partial charge in [0.15, 0.2) is 0 Å². The van der Waals surface area contributed by atoms with Crippen LogP contribution in [0.15, 0.2) is 30.9 Å². The molecule has 96 valence electrons. The van der Waals surface area contributed by atoms with Crippen LogP contribution in [0, 0.1) is 0 Å². The lowest BCUT2D eigenvalue weighted by atomic mass is 10.3. The lowest BCUT2D eigenvalue weighted by molar-refractivity contribution is 0.570. The van der Waals surface area contributed by atoms with Crippen molar-refractivity contribution in [2.75, 3.05) is 23.7 Å². The van der Waals surface area contributed by atoms with Crippen molar-refractivity contribution in [1.29, 1.82) is 0 Å². The van der Waals surface area contributed by atoms with Gasteiger partial charge in [0, 0.05) is 25.8 Å². The molecule has 2 heterocycles. The predicted octanol–water partition coefficient (Wildman–Crippen LogP) is 1.61. The molecule has 0 aliphatic carbocycles. The SMILES string of the molecule is CCNc1cncc(NCCCn2ccnn2)c1. The molecule has 0 saturated heterocycles. The zero-order valence-electron chi connectivity index (χ0n) is 10.5. The van der Waals surface area contributed by atoms with Crippen LogP contribution in [0.4, 0.5) is 11.4 Å². The lowest BCUT2D eigenvalue weighted by Gasteiger charge is -2.08. The molecular weight excluding hydrogens is 228 g/mol. The second kappa shape index (κ2) is 6.58. The maximum Gasteiger partial charge on any atom is 0.0692 e. The molecule has 0 aromatic carbocycles. The molecule has 0 atom stereocenters. The maximum atomic E-state index is 4.18. The molecule has 2 rings (SSSR count). The van der Waals surface area contributed by atoms with Gasteiger partial charge in [0.2, 0.25) is 0 Å². The van der Waals surface area contributed by atoms with Crippen molar-refractivity contribution in [3.63, 3.8) is 0 Å². The normalized spacial score (nSPS) is 10.3. The molecule has 18 heavy (non-hydrogen) atoms. The summed E-state index contributed by atoms with van der Waals surface area (Å²) in [6.45, 7) is 4.72. The third-order valence-corrected chi connectivity index (χ3v) is 2.48. The van der Waals surface area contributed by atoms with Gasteiger partial charge in [-0.15, -0.1) is 5.10 Å². The van der Waals surface area contributed by atoms with Gasteiger partial charge in [-0.1, -0.05) is 5.21 Å². The second-order valence-corrected chi connectivity index (χ2v) is 3.94. The fourth-order valence-electron chi connectivity index (χ4n) is 1.66. The molecule has 2 N–H and O–H groups in total. The van der Waals surface area contributed by atoms with E-state index in [0.717, 1.165) is 37.4 Å². The van der Waals surface area contributed by atoms with Gasteiger partial charge in [-0.05, 0) is 19.4 Å². The Morgan fingerprint density at radius 2 is 2.06 bits per heavy atom. The largest absolute Gasteiger partial charge is 0.384 e. The number of pyridine rings is 1. The van der Waals surface area contributed by atoms with Crippen LogP contribution >= 0.6 is 0 Å². The molecule has 6 nitrogen and oxygen atoms in total. The highest BCUT2D eigenvalue weighted by Gasteiger charge is 1.96. The smallest absolute Gasteiger partial charge is 0.0692 e. The summed E-state index contributed by atoms with van der Waals surface area (Å²) in [4.78, 5) is 4.18. The van der Waals surface area contributed by atoms with Crippen LogP contribution in [0.5, 0.6) is 0 Å². The number of nitrogens with zero attached hydrogens (tertiary/aromatic N) is 4. The van der Waals surface area contributed by atoms with E-state index in [4.69, 9.17) is 0 Å². The van der Waals surface area contributed by atoms with Crippen LogP contribution in [-0.2, 0) is 6.54 Å². The first-order valence-corrected chi connectivity index (χ1v) is 6.15. The van der Waals surface area contributed by atoms with Gasteiger partial charge in [-0.2, -0.15) is 0 Å². The zero-order chi connectivity index (χ0) is 12.6. The van der Waals surface area contributed by atoms with Gasteiger partial charge in [0.25, 0.3) is 0 Å². The highest BCUT2D eigenvalue weighted by molar-refractivity contribution is 5.53. The summed E-state index contributed by atoms with van der Waals surface area (Å²) in [5, 5.41) is 14.3. The van der Waals surface area contributed by atoms with E-state index in [-0.39, 0.29) is 0 Å². The third-order valence-electron chi connectivity index (χ3n) is 2.48. The standard InChI is InChI=1S/C12H18N6/c1-2-14-11-8-12(10-13-9-11)15-4-3-6-18-7-5-16-17-18/h5,7-10,14-15H,2-4,6H2,1H3. The fraction of sp³-hybridized carbons (Fsp3) is 0.417. The number of anilines is 2. The van der Waals surface area contributed by atoms with Gasteiger partial charge in [0.1, 0.15) is 0 Å². The molecule has 0 spiro atoms. The Hall–Kier alpha value is -2.11. The third kappa shape index (κ3) is 3.73. The number of hydrogen-bond acceptors (Lipinski definition) is 5. The van der Waals surface area contributed by atoms with Gasteiger partial charge in [-0.25, -0.2) is 0 Å². The van der Waals surface area contributed by atoms with E-state index >= 15 is 0 Å². The Morgan fingerprint density at radius 1 is 1.22 bits per heavy atom.